The van der Waals surface area contributed by atoms with E-state index < -0.39 is 6.04 Å². The molecule has 3 heteroatoms. The Hall–Kier alpha value is -3.46. The van der Waals surface area contributed by atoms with E-state index in [9.17, 15) is 4.79 Å². The van der Waals surface area contributed by atoms with E-state index in [0.29, 0.717) is 5.56 Å². The molecular weight excluding hydrogens is 332 g/mol. The predicted molar refractivity (Wildman–Crippen MR) is 108 cm³/mol. The summed E-state index contributed by atoms with van der Waals surface area (Å²) in [6.45, 7) is 2.03. The molecule has 1 atom stereocenters. The number of aromatic nitrogens is 2. The van der Waals surface area contributed by atoms with E-state index >= 15 is 0 Å². The molecule has 132 valence electrons. The highest BCUT2D eigenvalue weighted by Gasteiger charge is 2.27. The quantitative estimate of drug-likeness (QED) is 0.455. The lowest BCUT2D eigenvalue weighted by molar-refractivity contribution is 0.0940. The first-order valence-corrected chi connectivity index (χ1v) is 8.99. The number of carbonyl (C=O) groups is 1. The summed E-state index contributed by atoms with van der Waals surface area (Å²) < 4.78 is 1.86. The maximum Gasteiger partial charge on any atom is 0.191 e. The molecule has 1 aromatic heterocycles. The van der Waals surface area contributed by atoms with E-state index in [4.69, 9.17) is 0 Å². The van der Waals surface area contributed by atoms with Crippen LogP contribution in [0.5, 0.6) is 0 Å². The number of hydrogen-bond donors (Lipinski definition) is 0. The molecule has 0 radical (unpaired) electrons. The van der Waals surface area contributed by atoms with Crippen molar-refractivity contribution in [3.8, 4) is 11.3 Å². The van der Waals surface area contributed by atoms with Crippen LogP contribution < -0.4 is 0 Å². The Morgan fingerprint density at radius 2 is 1.37 bits per heavy atom. The van der Waals surface area contributed by atoms with Crippen LogP contribution in [0.1, 0.15) is 27.5 Å². The first kappa shape index (κ1) is 17.0. The van der Waals surface area contributed by atoms with Gasteiger partial charge in [-0.1, -0.05) is 91.0 Å². The minimum absolute atomic E-state index is 0.0297. The Labute approximate surface area is 158 Å². The smallest absolute Gasteiger partial charge is 0.191 e. The van der Waals surface area contributed by atoms with Crippen molar-refractivity contribution in [2.45, 2.75) is 13.0 Å². The summed E-state index contributed by atoms with van der Waals surface area (Å²) in [6.07, 6.45) is 1.83. The molecule has 0 aliphatic carbocycles. The highest BCUT2D eigenvalue weighted by molar-refractivity contribution is 6.01. The van der Waals surface area contributed by atoms with E-state index in [-0.39, 0.29) is 5.78 Å². The second-order valence-corrected chi connectivity index (χ2v) is 6.53. The molecule has 1 unspecified atom stereocenters. The van der Waals surface area contributed by atoms with Crippen molar-refractivity contribution in [2.75, 3.05) is 0 Å². The van der Waals surface area contributed by atoms with Crippen molar-refractivity contribution < 1.29 is 4.79 Å². The maximum atomic E-state index is 13.5. The zero-order valence-electron chi connectivity index (χ0n) is 15.1. The second kappa shape index (κ2) is 7.42. The number of rotatable bonds is 5. The Balaban J connectivity index is 1.90. The molecule has 1 heterocycles. The second-order valence-electron chi connectivity index (χ2n) is 6.53. The molecule has 3 aromatic carbocycles. The minimum Gasteiger partial charge on any atom is -0.291 e. The van der Waals surface area contributed by atoms with Crippen LogP contribution in [0.3, 0.4) is 0 Å². The topological polar surface area (TPSA) is 34.9 Å². The fourth-order valence-electron chi connectivity index (χ4n) is 3.40. The summed E-state index contributed by atoms with van der Waals surface area (Å²) in [5, 5.41) is 4.61. The molecule has 0 spiro atoms. The molecule has 0 bridgehead atoms. The van der Waals surface area contributed by atoms with Crippen LogP contribution in [-0.2, 0) is 0 Å². The molecule has 0 fully saturated rings. The molecule has 4 aromatic rings. The van der Waals surface area contributed by atoms with Crippen LogP contribution >= 0.6 is 0 Å². The van der Waals surface area contributed by atoms with Gasteiger partial charge in [0, 0.05) is 11.1 Å². The molecule has 0 aliphatic heterocycles. The molecule has 3 nitrogen and oxygen atoms in total. The van der Waals surface area contributed by atoms with Gasteiger partial charge in [-0.05, 0) is 18.1 Å². The van der Waals surface area contributed by atoms with Gasteiger partial charge in [-0.2, -0.15) is 5.10 Å². The van der Waals surface area contributed by atoms with E-state index in [1.807, 2.05) is 96.7 Å². The SMILES string of the molecule is Cc1cnn(C(C(=O)c2ccccc2)c2ccccc2)c1-c1ccccc1. The monoisotopic (exact) mass is 352 g/mol. The third-order valence-corrected chi connectivity index (χ3v) is 4.69. The summed E-state index contributed by atoms with van der Waals surface area (Å²) in [5.74, 6) is 0.0297. The number of hydrogen-bond acceptors (Lipinski definition) is 2. The van der Waals surface area contributed by atoms with E-state index in [1.54, 1.807) is 0 Å². The zero-order valence-corrected chi connectivity index (χ0v) is 15.1. The van der Waals surface area contributed by atoms with Crippen LogP contribution in [0, 0.1) is 6.92 Å². The van der Waals surface area contributed by atoms with Gasteiger partial charge in [0.15, 0.2) is 5.78 Å². The van der Waals surface area contributed by atoms with Crippen molar-refractivity contribution in [1.82, 2.24) is 9.78 Å². The van der Waals surface area contributed by atoms with Crippen molar-refractivity contribution >= 4 is 5.78 Å². The van der Waals surface area contributed by atoms with Gasteiger partial charge in [-0.15, -0.1) is 0 Å². The number of benzene rings is 3. The summed E-state index contributed by atoms with van der Waals surface area (Å²) in [4.78, 5) is 13.5. The van der Waals surface area contributed by atoms with Crippen molar-refractivity contribution in [3.05, 3.63) is 114 Å². The Morgan fingerprint density at radius 1 is 0.815 bits per heavy atom. The average Bonchev–Trinajstić information content (AvgIpc) is 3.11. The Kier molecular flexibility index (Phi) is 4.67. The van der Waals surface area contributed by atoms with Crippen molar-refractivity contribution in [1.29, 1.82) is 0 Å². The number of nitrogens with zero attached hydrogens (tertiary/aromatic N) is 2. The molecule has 0 saturated heterocycles. The highest BCUT2D eigenvalue weighted by atomic mass is 16.1. The lowest BCUT2D eigenvalue weighted by Gasteiger charge is -2.20. The van der Waals surface area contributed by atoms with Gasteiger partial charge in [0.25, 0.3) is 0 Å². The fraction of sp³-hybridized carbons (Fsp3) is 0.0833. The first-order chi connectivity index (χ1) is 13.3. The standard InChI is InChI=1S/C24H20N2O/c1-18-17-25-26(22(18)19-11-5-2-6-12-19)23(20-13-7-3-8-14-20)24(27)21-15-9-4-10-16-21/h2-17,23H,1H3. The van der Waals surface area contributed by atoms with Crippen LogP contribution in [-0.4, -0.2) is 15.6 Å². The molecule has 0 aliphatic rings. The predicted octanol–water partition coefficient (Wildman–Crippen LogP) is 5.33. The summed E-state index contributed by atoms with van der Waals surface area (Å²) in [7, 11) is 0. The van der Waals surface area contributed by atoms with Gasteiger partial charge in [0.1, 0.15) is 6.04 Å². The first-order valence-electron chi connectivity index (χ1n) is 8.99. The molecular formula is C24H20N2O. The van der Waals surface area contributed by atoms with Crippen LogP contribution in [0.15, 0.2) is 97.2 Å². The normalized spacial score (nSPS) is 11.9. The number of carbonyl (C=O) groups excluding carboxylic acids is 1. The van der Waals surface area contributed by atoms with E-state index in [1.165, 1.54) is 0 Å². The molecule has 0 N–H and O–H groups in total. The van der Waals surface area contributed by atoms with Crippen molar-refractivity contribution in [3.63, 3.8) is 0 Å². The van der Waals surface area contributed by atoms with Gasteiger partial charge >= 0.3 is 0 Å². The van der Waals surface area contributed by atoms with Crippen LogP contribution in [0.25, 0.3) is 11.3 Å². The summed E-state index contributed by atoms with van der Waals surface area (Å²) >= 11 is 0. The van der Waals surface area contributed by atoms with Gasteiger partial charge in [0.2, 0.25) is 0 Å². The minimum atomic E-state index is -0.516. The van der Waals surface area contributed by atoms with Gasteiger partial charge in [0.05, 0.1) is 11.9 Å². The lowest BCUT2D eigenvalue weighted by atomic mass is 9.96. The molecule has 0 saturated carbocycles. The average molecular weight is 352 g/mol. The number of Topliss-reactive ketones (excluding diaryl/α,β-unsaturated/α-hetero) is 1. The third kappa shape index (κ3) is 3.32. The molecule has 0 amide bonds. The summed E-state index contributed by atoms with van der Waals surface area (Å²) in [5.41, 5.74) is 4.66. The third-order valence-electron chi connectivity index (χ3n) is 4.69. The zero-order chi connectivity index (χ0) is 18.6. The summed E-state index contributed by atoms with van der Waals surface area (Å²) in [6, 6.07) is 28.8. The van der Waals surface area contributed by atoms with Crippen LogP contribution in [0.2, 0.25) is 0 Å². The fourth-order valence-corrected chi connectivity index (χ4v) is 3.40. The maximum absolute atomic E-state index is 13.5. The van der Waals surface area contributed by atoms with Gasteiger partial charge in [-0.25, -0.2) is 4.68 Å². The largest absolute Gasteiger partial charge is 0.291 e. The van der Waals surface area contributed by atoms with Gasteiger partial charge in [-0.3, -0.25) is 4.79 Å². The number of ketones is 1. The lowest BCUT2D eigenvalue weighted by Crippen LogP contribution is -2.23. The van der Waals surface area contributed by atoms with E-state index in [2.05, 4.69) is 17.2 Å². The van der Waals surface area contributed by atoms with Crippen LogP contribution in [0.4, 0.5) is 0 Å². The Bertz CT molecular complexity index is 1040. The number of aryl methyl sites for hydroxylation is 1. The van der Waals surface area contributed by atoms with E-state index in [0.717, 1.165) is 22.4 Å². The molecule has 4 rings (SSSR count). The molecule has 27 heavy (non-hydrogen) atoms. The van der Waals surface area contributed by atoms with Gasteiger partial charge < -0.3 is 0 Å². The Morgan fingerprint density at radius 3 is 2.00 bits per heavy atom. The highest BCUT2D eigenvalue weighted by Crippen LogP contribution is 2.31. The van der Waals surface area contributed by atoms with Crippen molar-refractivity contribution in [2.24, 2.45) is 0 Å².